The molecule has 0 bridgehead atoms. The molecule has 0 fully saturated rings. The third-order valence-electron chi connectivity index (χ3n) is 4.85. The van der Waals surface area contributed by atoms with Crippen LogP contribution in [0.2, 0.25) is 5.02 Å². The SMILES string of the molecule is COc1ccc(C)cc1S(=O)(=O)N1CCc2noc(-c3ccc(Cl)cc3)c2C1. The van der Waals surface area contributed by atoms with Gasteiger partial charge in [-0.15, -0.1) is 0 Å². The molecule has 0 amide bonds. The minimum absolute atomic E-state index is 0.169. The van der Waals surface area contributed by atoms with Crippen molar-refractivity contribution in [3.8, 4) is 17.1 Å². The average molecular weight is 419 g/mol. The first-order valence-electron chi connectivity index (χ1n) is 8.78. The van der Waals surface area contributed by atoms with Crippen LogP contribution in [-0.4, -0.2) is 31.5 Å². The Hall–Kier alpha value is -2.35. The Morgan fingerprint density at radius 2 is 1.93 bits per heavy atom. The Morgan fingerprint density at radius 3 is 2.64 bits per heavy atom. The maximum absolute atomic E-state index is 13.3. The molecule has 8 heteroatoms. The molecule has 6 nitrogen and oxygen atoms in total. The van der Waals surface area contributed by atoms with Crippen LogP contribution in [0.4, 0.5) is 0 Å². The lowest BCUT2D eigenvalue weighted by Gasteiger charge is -2.26. The van der Waals surface area contributed by atoms with Crippen LogP contribution in [0.5, 0.6) is 5.75 Å². The molecule has 3 aromatic rings. The predicted molar refractivity (Wildman–Crippen MR) is 106 cm³/mol. The number of methoxy groups -OCH3 is 1. The highest BCUT2D eigenvalue weighted by Crippen LogP contribution is 2.35. The van der Waals surface area contributed by atoms with Crippen LogP contribution in [0, 0.1) is 6.92 Å². The van der Waals surface area contributed by atoms with E-state index in [0.29, 0.717) is 29.5 Å². The molecule has 0 unspecified atom stereocenters. The molecular formula is C20H19ClN2O4S. The second-order valence-corrected chi connectivity index (χ2v) is 9.03. The van der Waals surface area contributed by atoms with E-state index in [0.717, 1.165) is 22.4 Å². The van der Waals surface area contributed by atoms with Gasteiger partial charge in [0.1, 0.15) is 10.6 Å². The quantitative estimate of drug-likeness (QED) is 0.638. The molecule has 4 rings (SSSR count). The van der Waals surface area contributed by atoms with E-state index in [9.17, 15) is 8.42 Å². The fraction of sp³-hybridized carbons (Fsp3) is 0.250. The standard InChI is InChI=1S/C20H19ClN2O4S/c1-13-3-8-18(26-2)19(11-13)28(24,25)23-10-9-17-16(12-23)20(27-22-17)14-4-6-15(21)7-5-14/h3-8,11H,9-10,12H2,1-2H3. The summed E-state index contributed by atoms with van der Waals surface area (Å²) in [5.74, 6) is 0.905. The monoisotopic (exact) mass is 418 g/mol. The lowest BCUT2D eigenvalue weighted by molar-refractivity contribution is 0.375. The fourth-order valence-corrected chi connectivity index (χ4v) is 5.12. The second kappa shape index (κ2) is 7.24. The Kier molecular flexibility index (Phi) is 4.91. The van der Waals surface area contributed by atoms with Gasteiger partial charge in [-0.2, -0.15) is 4.31 Å². The number of benzene rings is 2. The number of aromatic nitrogens is 1. The lowest BCUT2D eigenvalue weighted by Crippen LogP contribution is -2.36. The summed E-state index contributed by atoms with van der Waals surface area (Å²) in [5, 5.41) is 4.76. The van der Waals surface area contributed by atoms with Crippen LogP contribution >= 0.6 is 11.6 Å². The van der Waals surface area contributed by atoms with E-state index in [4.69, 9.17) is 20.9 Å². The number of fused-ring (bicyclic) bond motifs is 1. The first-order valence-corrected chi connectivity index (χ1v) is 10.6. The number of hydrogen-bond acceptors (Lipinski definition) is 5. The van der Waals surface area contributed by atoms with Gasteiger partial charge in [-0.05, 0) is 48.9 Å². The largest absolute Gasteiger partial charge is 0.495 e. The topological polar surface area (TPSA) is 72.6 Å². The molecule has 146 valence electrons. The molecule has 2 aromatic carbocycles. The van der Waals surface area contributed by atoms with Gasteiger partial charge in [-0.3, -0.25) is 0 Å². The summed E-state index contributed by atoms with van der Waals surface area (Å²) < 4.78 is 38.9. The maximum Gasteiger partial charge on any atom is 0.247 e. The van der Waals surface area contributed by atoms with Crippen molar-refractivity contribution in [2.24, 2.45) is 0 Å². The molecule has 0 saturated carbocycles. The van der Waals surface area contributed by atoms with Gasteiger partial charge in [0.15, 0.2) is 5.76 Å². The van der Waals surface area contributed by atoms with Gasteiger partial charge in [-0.1, -0.05) is 22.8 Å². The van der Waals surface area contributed by atoms with Gasteiger partial charge in [0.2, 0.25) is 10.0 Å². The van der Waals surface area contributed by atoms with Crippen LogP contribution in [0.3, 0.4) is 0 Å². The third-order valence-corrected chi connectivity index (χ3v) is 6.96. The van der Waals surface area contributed by atoms with Crippen molar-refractivity contribution in [1.82, 2.24) is 9.46 Å². The van der Waals surface area contributed by atoms with E-state index in [-0.39, 0.29) is 11.4 Å². The predicted octanol–water partition coefficient (Wildman–Crippen LogP) is 4.06. The average Bonchev–Trinajstić information content (AvgIpc) is 3.12. The van der Waals surface area contributed by atoms with Crippen LogP contribution < -0.4 is 4.74 Å². The number of aryl methyl sites for hydroxylation is 1. The summed E-state index contributed by atoms with van der Waals surface area (Å²) in [5.41, 5.74) is 3.23. The summed E-state index contributed by atoms with van der Waals surface area (Å²) >= 11 is 5.96. The van der Waals surface area contributed by atoms with Crippen molar-refractivity contribution < 1.29 is 17.7 Å². The molecule has 0 atom stereocenters. The van der Waals surface area contributed by atoms with E-state index < -0.39 is 10.0 Å². The summed E-state index contributed by atoms with van der Waals surface area (Å²) in [6.07, 6.45) is 0.486. The zero-order chi connectivity index (χ0) is 19.9. The molecule has 1 aliphatic heterocycles. The van der Waals surface area contributed by atoms with Gasteiger partial charge >= 0.3 is 0 Å². The number of rotatable bonds is 4. The third kappa shape index (κ3) is 3.30. The zero-order valence-corrected chi connectivity index (χ0v) is 17.0. The van der Waals surface area contributed by atoms with Gasteiger partial charge in [0.25, 0.3) is 0 Å². The Labute approximate surface area is 168 Å². The first kappa shape index (κ1) is 19.0. The van der Waals surface area contributed by atoms with Gasteiger partial charge in [0, 0.05) is 35.7 Å². The van der Waals surface area contributed by atoms with E-state index in [1.807, 2.05) is 25.1 Å². The highest BCUT2D eigenvalue weighted by Gasteiger charge is 2.34. The molecule has 0 N–H and O–H groups in total. The van der Waals surface area contributed by atoms with E-state index in [2.05, 4.69) is 5.16 Å². The Morgan fingerprint density at radius 1 is 1.18 bits per heavy atom. The number of halogens is 1. The van der Waals surface area contributed by atoms with E-state index >= 15 is 0 Å². The van der Waals surface area contributed by atoms with Gasteiger partial charge < -0.3 is 9.26 Å². The Balaban J connectivity index is 1.72. The summed E-state index contributed by atoms with van der Waals surface area (Å²) in [4.78, 5) is 0.169. The highest BCUT2D eigenvalue weighted by atomic mass is 35.5. The molecule has 1 aliphatic rings. The number of hydrogen-bond donors (Lipinski definition) is 0. The first-order chi connectivity index (χ1) is 13.4. The van der Waals surface area contributed by atoms with E-state index in [1.54, 1.807) is 24.3 Å². The summed E-state index contributed by atoms with van der Waals surface area (Å²) in [7, 11) is -2.27. The van der Waals surface area contributed by atoms with Gasteiger partial charge in [-0.25, -0.2) is 8.42 Å². The molecule has 0 saturated heterocycles. The van der Waals surface area contributed by atoms with Crippen molar-refractivity contribution >= 4 is 21.6 Å². The summed E-state index contributed by atoms with van der Waals surface area (Å²) in [6, 6.07) is 12.3. The molecular weight excluding hydrogens is 400 g/mol. The normalized spacial score (nSPS) is 14.7. The molecule has 0 spiro atoms. The lowest BCUT2D eigenvalue weighted by atomic mass is 10.0. The number of nitrogens with zero attached hydrogens (tertiary/aromatic N) is 2. The van der Waals surface area contributed by atoms with Crippen molar-refractivity contribution in [2.45, 2.75) is 24.8 Å². The minimum atomic E-state index is -3.74. The second-order valence-electron chi connectivity index (χ2n) is 6.69. The molecule has 28 heavy (non-hydrogen) atoms. The van der Waals surface area contributed by atoms with Gasteiger partial charge in [0.05, 0.1) is 12.8 Å². The highest BCUT2D eigenvalue weighted by molar-refractivity contribution is 7.89. The maximum atomic E-state index is 13.3. The Bertz CT molecular complexity index is 1120. The molecule has 0 radical (unpaired) electrons. The van der Waals surface area contributed by atoms with Crippen molar-refractivity contribution in [1.29, 1.82) is 0 Å². The smallest absolute Gasteiger partial charge is 0.247 e. The number of ether oxygens (including phenoxy) is 1. The molecule has 0 aliphatic carbocycles. The number of sulfonamides is 1. The van der Waals surface area contributed by atoms with Crippen molar-refractivity contribution in [3.05, 3.63) is 64.3 Å². The van der Waals surface area contributed by atoms with Crippen molar-refractivity contribution in [2.75, 3.05) is 13.7 Å². The van der Waals surface area contributed by atoms with Crippen molar-refractivity contribution in [3.63, 3.8) is 0 Å². The summed E-state index contributed by atoms with van der Waals surface area (Å²) in [6.45, 7) is 2.38. The molecule has 1 aromatic heterocycles. The van der Waals surface area contributed by atoms with Crippen LogP contribution in [0.15, 0.2) is 51.9 Å². The van der Waals surface area contributed by atoms with Crippen LogP contribution in [0.25, 0.3) is 11.3 Å². The van der Waals surface area contributed by atoms with E-state index in [1.165, 1.54) is 11.4 Å². The van der Waals surface area contributed by atoms with Crippen LogP contribution in [0.1, 0.15) is 16.8 Å². The minimum Gasteiger partial charge on any atom is -0.495 e. The zero-order valence-electron chi connectivity index (χ0n) is 15.5. The fourth-order valence-electron chi connectivity index (χ4n) is 3.35. The molecule has 2 heterocycles. The van der Waals surface area contributed by atoms with Crippen LogP contribution in [-0.2, 0) is 23.0 Å².